The van der Waals surface area contributed by atoms with E-state index in [-0.39, 0.29) is 0 Å². The normalized spacial score (nSPS) is 10.7. The third-order valence-electron chi connectivity index (χ3n) is 2.02. The fourth-order valence-corrected chi connectivity index (χ4v) is 1.38. The Morgan fingerprint density at radius 2 is 2.14 bits per heavy atom. The van der Waals surface area contributed by atoms with Crippen molar-refractivity contribution in [2.24, 2.45) is 0 Å². The van der Waals surface area contributed by atoms with E-state index in [4.69, 9.17) is 4.74 Å². The zero-order valence-corrected chi connectivity index (χ0v) is 8.32. The number of nitrogens with zero attached hydrogens (tertiary/aromatic N) is 2. The Balaban J connectivity index is 2.52. The minimum absolute atomic E-state index is 0.546. The molecule has 0 unspecified atom stereocenters. The molecule has 2 aromatic heterocycles. The van der Waals surface area contributed by atoms with Crippen molar-refractivity contribution in [1.29, 1.82) is 0 Å². The van der Waals surface area contributed by atoms with Crippen LogP contribution in [-0.4, -0.2) is 17.1 Å². The molecule has 0 fully saturated rings. The molecule has 0 bridgehead atoms. The van der Waals surface area contributed by atoms with Crippen LogP contribution in [0.2, 0.25) is 0 Å². The Morgan fingerprint density at radius 1 is 1.29 bits per heavy atom. The molecule has 0 aliphatic carbocycles. The third-order valence-corrected chi connectivity index (χ3v) is 2.02. The lowest BCUT2D eigenvalue weighted by atomic mass is 10.2. The van der Waals surface area contributed by atoms with E-state index in [1.165, 1.54) is 0 Å². The van der Waals surface area contributed by atoms with Gasteiger partial charge in [0.05, 0.1) is 23.3 Å². The van der Waals surface area contributed by atoms with Crippen molar-refractivity contribution < 1.29 is 4.74 Å². The summed E-state index contributed by atoms with van der Waals surface area (Å²) in [6, 6.07) is 5.94. The molecule has 0 aliphatic heterocycles. The maximum atomic E-state index is 5.02. The van der Waals surface area contributed by atoms with E-state index in [9.17, 15) is 0 Å². The van der Waals surface area contributed by atoms with Gasteiger partial charge in [0.2, 0.25) is 0 Å². The second-order valence-corrected chi connectivity index (χ2v) is 3.29. The van der Waals surface area contributed by atoms with Crippen molar-refractivity contribution >= 4 is 11.0 Å². The smallest absolute Gasteiger partial charge is 0.0893 e. The van der Waals surface area contributed by atoms with E-state index in [0.29, 0.717) is 6.61 Å². The number of ether oxygens (including phenoxy) is 1. The van der Waals surface area contributed by atoms with Crippen LogP contribution < -0.4 is 0 Å². The van der Waals surface area contributed by atoms with Gasteiger partial charge in [0.1, 0.15) is 0 Å². The molecule has 0 atom stereocenters. The summed E-state index contributed by atoms with van der Waals surface area (Å²) in [6.45, 7) is 2.56. The Bertz CT molecular complexity index is 454. The average molecular weight is 188 g/mol. The van der Waals surface area contributed by atoms with Gasteiger partial charge in [-0.2, -0.15) is 0 Å². The van der Waals surface area contributed by atoms with Crippen LogP contribution in [0.5, 0.6) is 0 Å². The van der Waals surface area contributed by atoms with Gasteiger partial charge in [0.15, 0.2) is 0 Å². The summed E-state index contributed by atoms with van der Waals surface area (Å²) >= 11 is 0. The van der Waals surface area contributed by atoms with Crippen LogP contribution >= 0.6 is 0 Å². The van der Waals surface area contributed by atoms with E-state index < -0.39 is 0 Å². The highest BCUT2D eigenvalue weighted by molar-refractivity contribution is 5.74. The molecule has 2 heterocycles. The Morgan fingerprint density at radius 3 is 2.93 bits per heavy atom. The number of rotatable bonds is 2. The lowest BCUT2D eigenvalue weighted by Crippen LogP contribution is -1.93. The van der Waals surface area contributed by atoms with E-state index in [1.807, 2.05) is 31.3 Å². The molecule has 0 aliphatic rings. The summed E-state index contributed by atoms with van der Waals surface area (Å²) in [5.41, 5.74) is 3.92. The highest BCUT2D eigenvalue weighted by Gasteiger charge is 1.98. The van der Waals surface area contributed by atoms with Crippen LogP contribution in [0.1, 0.15) is 11.3 Å². The summed E-state index contributed by atoms with van der Waals surface area (Å²) in [4.78, 5) is 8.72. The van der Waals surface area contributed by atoms with Gasteiger partial charge in [-0.05, 0) is 30.7 Å². The van der Waals surface area contributed by atoms with Gasteiger partial charge in [-0.3, -0.25) is 4.98 Å². The van der Waals surface area contributed by atoms with Crippen LogP contribution in [0.4, 0.5) is 0 Å². The standard InChI is InChI=1S/C11H12N2O/c1-8-5-11-10(12-6-8)4-3-9(13-11)7-14-2/h3-6H,7H2,1-2H3. The van der Waals surface area contributed by atoms with Gasteiger partial charge < -0.3 is 4.74 Å². The van der Waals surface area contributed by atoms with Crippen molar-refractivity contribution in [3.63, 3.8) is 0 Å². The number of hydrogen-bond acceptors (Lipinski definition) is 3. The Kier molecular flexibility index (Phi) is 2.41. The number of pyridine rings is 2. The maximum absolute atomic E-state index is 5.02. The summed E-state index contributed by atoms with van der Waals surface area (Å²) in [7, 11) is 1.67. The second-order valence-electron chi connectivity index (χ2n) is 3.29. The number of methoxy groups -OCH3 is 1. The van der Waals surface area contributed by atoms with Crippen molar-refractivity contribution in [2.75, 3.05) is 7.11 Å². The van der Waals surface area contributed by atoms with Gasteiger partial charge >= 0.3 is 0 Å². The summed E-state index contributed by atoms with van der Waals surface area (Å²) in [6.07, 6.45) is 1.85. The lowest BCUT2D eigenvalue weighted by Gasteiger charge is -2.01. The minimum Gasteiger partial charge on any atom is -0.378 e. The predicted molar refractivity (Wildman–Crippen MR) is 55.0 cm³/mol. The molecule has 0 saturated heterocycles. The number of fused-ring (bicyclic) bond motifs is 1. The zero-order chi connectivity index (χ0) is 9.97. The fourth-order valence-electron chi connectivity index (χ4n) is 1.38. The van der Waals surface area contributed by atoms with Crippen LogP contribution in [-0.2, 0) is 11.3 Å². The first-order chi connectivity index (χ1) is 6.79. The van der Waals surface area contributed by atoms with Gasteiger partial charge in [-0.15, -0.1) is 0 Å². The van der Waals surface area contributed by atoms with Crippen molar-refractivity contribution in [1.82, 2.24) is 9.97 Å². The molecule has 0 spiro atoms. The molecule has 2 rings (SSSR count). The first-order valence-corrected chi connectivity index (χ1v) is 4.51. The summed E-state index contributed by atoms with van der Waals surface area (Å²) in [5, 5.41) is 0. The minimum atomic E-state index is 0.546. The number of hydrogen-bond donors (Lipinski definition) is 0. The van der Waals surface area contributed by atoms with Crippen molar-refractivity contribution in [2.45, 2.75) is 13.5 Å². The molecule has 0 aromatic carbocycles. The van der Waals surface area contributed by atoms with E-state index in [0.717, 1.165) is 22.3 Å². The first-order valence-electron chi connectivity index (χ1n) is 4.51. The summed E-state index contributed by atoms with van der Waals surface area (Å²) in [5.74, 6) is 0. The Labute approximate surface area is 82.8 Å². The van der Waals surface area contributed by atoms with Crippen LogP contribution in [0, 0.1) is 6.92 Å². The highest BCUT2D eigenvalue weighted by atomic mass is 16.5. The molecular formula is C11H12N2O. The lowest BCUT2D eigenvalue weighted by molar-refractivity contribution is 0.182. The molecule has 0 N–H and O–H groups in total. The van der Waals surface area contributed by atoms with E-state index >= 15 is 0 Å². The van der Waals surface area contributed by atoms with Crippen LogP contribution in [0.3, 0.4) is 0 Å². The number of aryl methyl sites for hydroxylation is 1. The first kappa shape index (κ1) is 9.09. The van der Waals surface area contributed by atoms with Crippen molar-refractivity contribution in [3.8, 4) is 0 Å². The molecule has 2 aromatic rings. The van der Waals surface area contributed by atoms with E-state index in [2.05, 4.69) is 9.97 Å². The van der Waals surface area contributed by atoms with Gasteiger partial charge in [0.25, 0.3) is 0 Å². The highest BCUT2D eigenvalue weighted by Crippen LogP contribution is 2.11. The monoisotopic (exact) mass is 188 g/mol. The number of aromatic nitrogens is 2. The topological polar surface area (TPSA) is 35.0 Å². The maximum Gasteiger partial charge on any atom is 0.0893 e. The molecule has 0 saturated carbocycles. The third kappa shape index (κ3) is 1.72. The molecule has 14 heavy (non-hydrogen) atoms. The van der Waals surface area contributed by atoms with Crippen LogP contribution in [0.15, 0.2) is 24.4 Å². The molecular weight excluding hydrogens is 176 g/mol. The largest absolute Gasteiger partial charge is 0.378 e. The SMILES string of the molecule is COCc1ccc2ncc(C)cc2n1. The second kappa shape index (κ2) is 3.72. The molecule has 72 valence electrons. The van der Waals surface area contributed by atoms with Gasteiger partial charge in [-0.1, -0.05) is 0 Å². The molecule has 0 amide bonds. The summed E-state index contributed by atoms with van der Waals surface area (Å²) < 4.78 is 5.02. The Hall–Kier alpha value is -1.48. The average Bonchev–Trinajstić information content (AvgIpc) is 2.17. The quantitative estimate of drug-likeness (QED) is 0.723. The molecule has 3 nitrogen and oxygen atoms in total. The molecule has 3 heteroatoms. The van der Waals surface area contributed by atoms with E-state index in [1.54, 1.807) is 7.11 Å². The molecule has 0 radical (unpaired) electrons. The predicted octanol–water partition coefficient (Wildman–Crippen LogP) is 2.08. The zero-order valence-electron chi connectivity index (χ0n) is 8.32. The van der Waals surface area contributed by atoms with Gasteiger partial charge in [-0.25, -0.2) is 4.98 Å². The van der Waals surface area contributed by atoms with Gasteiger partial charge in [0, 0.05) is 13.3 Å². The van der Waals surface area contributed by atoms with Crippen LogP contribution in [0.25, 0.3) is 11.0 Å². The van der Waals surface area contributed by atoms with Crippen molar-refractivity contribution in [3.05, 3.63) is 35.7 Å². The fraction of sp³-hybridized carbons (Fsp3) is 0.273.